The molecule has 0 bridgehead atoms. The van der Waals surface area contributed by atoms with E-state index in [0.717, 1.165) is 67.2 Å². The van der Waals surface area contributed by atoms with Gasteiger partial charge in [0, 0.05) is 155 Å². The number of hydrogen-bond donors (Lipinski definition) is 0. The molecule has 17 aromatic carbocycles. The van der Waals surface area contributed by atoms with Crippen molar-refractivity contribution in [3.8, 4) is 91.1 Å². The second kappa shape index (κ2) is 27.6. The number of thiophene rings is 3. The topological polar surface area (TPSA) is 97.1 Å². The summed E-state index contributed by atoms with van der Waals surface area (Å²) in [7, 11) is 0. The van der Waals surface area contributed by atoms with Crippen LogP contribution in [0.1, 0.15) is 0 Å². The Morgan fingerprint density at radius 1 is 0.157 bits per heavy atom. The summed E-state index contributed by atoms with van der Waals surface area (Å²) in [5, 5.41) is 17.6. The van der Waals surface area contributed by atoms with Crippen molar-refractivity contribution in [2.75, 3.05) is 0 Å². The number of benzene rings is 17. The van der Waals surface area contributed by atoms with E-state index in [1.54, 1.807) is 0 Å². The summed E-state index contributed by atoms with van der Waals surface area (Å²) in [4.78, 5) is 29.9. The van der Waals surface area contributed by atoms with Crippen molar-refractivity contribution >= 4 is 182 Å². The van der Waals surface area contributed by atoms with Crippen LogP contribution in [0.3, 0.4) is 0 Å². The van der Waals surface area contributed by atoms with Crippen LogP contribution < -0.4 is 0 Å². The number of rotatable bonds is 10. The molecular formula is C108H64N10S3. The first-order valence-electron chi connectivity index (χ1n) is 40.5. The molecule has 564 valence electrons. The van der Waals surface area contributed by atoms with E-state index in [9.17, 15) is 0 Å². The molecule has 0 saturated heterocycles. The zero-order chi connectivity index (χ0) is 79.3. The Bertz CT molecular complexity index is 8600. The highest BCUT2D eigenvalue weighted by atomic mass is 32.1. The predicted octanol–water partition coefficient (Wildman–Crippen LogP) is 29.2. The molecule has 10 nitrogen and oxygen atoms in total. The van der Waals surface area contributed by atoms with Crippen molar-refractivity contribution in [1.29, 1.82) is 0 Å². The van der Waals surface area contributed by atoms with Gasteiger partial charge in [-0.15, -0.1) is 34.0 Å². The quantitative estimate of drug-likeness (QED) is 0.135. The fraction of sp³-hybridized carbons (Fsp3) is 0. The van der Waals surface area contributed by atoms with Gasteiger partial charge in [0.2, 0.25) is 0 Å². The highest BCUT2D eigenvalue weighted by Gasteiger charge is 2.25. The Labute approximate surface area is 704 Å². The standard InChI is InChI=1S/C57H33N5S2.C51H31N5S/c1-3-13-34(14-4-1)55-58-56(35-15-5-2-6-16-35)60-57(59-55)36-23-29-51-45(31-36)46-33-37(25-30-52(46)63-51)61-47-20-10-8-18-40(47)44-32-38(24-28-49(44)61)62-48-21-11-7-17-39(48)42-26-27-43-41-19-9-12-22-50(41)64-54(43)53(42)62;1-3-13-32(14-4-1)49-52-50(33-15-5-2-6-16-33)54-51(53-49)34-23-25-35(26-24-34)55-43-20-10-7-17-37(43)40-29-36(27-28-45(40)55)56-44-21-11-8-18-38(44)41-31-48-42(30-46(41)56)39-19-9-12-22-47(39)57-48/h1-33H;1-31H. The molecule has 0 aliphatic heterocycles. The number of fused-ring (bicyclic) bond motifs is 22. The maximum absolute atomic E-state index is 5.06. The first-order chi connectivity index (χ1) is 60.0. The Hall–Kier alpha value is -15.4. The molecule has 0 spiro atoms. The van der Waals surface area contributed by atoms with Gasteiger partial charge in [0.15, 0.2) is 34.9 Å². The molecule has 0 aliphatic carbocycles. The Morgan fingerprint density at radius 2 is 0.463 bits per heavy atom. The van der Waals surface area contributed by atoms with Crippen LogP contribution in [-0.2, 0) is 0 Å². The average molecular weight is 1600 g/mol. The Kier molecular flexibility index (Phi) is 15.7. The minimum Gasteiger partial charge on any atom is -0.309 e. The van der Waals surface area contributed by atoms with E-state index in [-0.39, 0.29) is 0 Å². The number of hydrogen-bond acceptors (Lipinski definition) is 9. The van der Waals surface area contributed by atoms with Gasteiger partial charge < -0.3 is 18.3 Å². The number of para-hydroxylation sites is 4. The van der Waals surface area contributed by atoms with Gasteiger partial charge in [-0.25, -0.2) is 29.9 Å². The second-order valence-electron chi connectivity index (χ2n) is 30.8. The maximum Gasteiger partial charge on any atom is 0.164 e. The van der Waals surface area contributed by atoms with Crippen molar-refractivity contribution < 1.29 is 0 Å². The third kappa shape index (κ3) is 11.2. The molecule has 0 atom stereocenters. The summed E-state index contributed by atoms with van der Waals surface area (Å²) in [5.41, 5.74) is 19.7. The van der Waals surface area contributed by atoms with Gasteiger partial charge in [-0.2, -0.15) is 0 Å². The van der Waals surface area contributed by atoms with Crippen LogP contribution >= 0.6 is 34.0 Å². The minimum atomic E-state index is 0.639. The fourth-order valence-corrected chi connectivity index (χ4v) is 21.8. The molecule has 13 heteroatoms. The van der Waals surface area contributed by atoms with Crippen LogP contribution in [0, 0.1) is 0 Å². The minimum absolute atomic E-state index is 0.639. The normalized spacial score (nSPS) is 12.0. The third-order valence-electron chi connectivity index (χ3n) is 23.9. The fourth-order valence-electron chi connectivity index (χ4n) is 18.4. The maximum atomic E-state index is 5.06. The largest absolute Gasteiger partial charge is 0.309 e. The molecule has 0 radical (unpaired) electrons. The van der Waals surface area contributed by atoms with Gasteiger partial charge in [0.05, 0.1) is 48.8 Å². The summed E-state index contributed by atoms with van der Waals surface area (Å²) in [6, 6.07) is 139. The van der Waals surface area contributed by atoms with Crippen LogP contribution in [0.25, 0.3) is 239 Å². The summed E-state index contributed by atoms with van der Waals surface area (Å²) in [5.74, 6) is 3.90. The predicted molar refractivity (Wildman–Crippen MR) is 508 cm³/mol. The van der Waals surface area contributed by atoms with E-state index in [0.29, 0.717) is 34.9 Å². The van der Waals surface area contributed by atoms with Crippen molar-refractivity contribution in [2.24, 2.45) is 0 Å². The van der Waals surface area contributed by atoms with Crippen molar-refractivity contribution in [3.05, 3.63) is 388 Å². The van der Waals surface area contributed by atoms with Gasteiger partial charge in [0.1, 0.15) is 0 Å². The molecule has 121 heavy (non-hydrogen) atoms. The lowest BCUT2D eigenvalue weighted by atomic mass is 10.1. The van der Waals surface area contributed by atoms with Crippen molar-refractivity contribution in [3.63, 3.8) is 0 Å². The third-order valence-corrected chi connectivity index (χ3v) is 27.4. The summed E-state index contributed by atoms with van der Waals surface area (Å²) in [6.45, 7) is 0. The van der Waals surface area contributed by atoms with E-state index >= 15 is 0 Å². The molecule has 9 aromatic heterocycles. The lowest BCUT2D eigenvalue weighted by Gasteiger charge is -2.11. The van der Waals surface area contributed by atoms with E-state index in [1.807, 2.05) is 131 Å². The molecule has 26 rings (SSSR count). The van der Waals surface area contributed by atoms with Gasteiger partial charge in [-0.05, 0) is 146 Å². The zero-order valence-electron chi connectivity index (χ0n) is 64.6. The molecule has 0 unspecified atom stereocenters. The average Bonchev–Trinajstić information content (AvgIpc) is 1.56. The van der Waals surface area contributed by atoms with Crippen LogP contribution in [0.15, 0.2) is 388 Å². The van der Waals surface area contributed by atoms with Crippen LogP contribution in [0.2, 0.25) is 0 Å². The molecule has 26 aromatic rings. The van der Waals surface area contributed by atoms with E-state index in [2.05, 4.69) is 309 Å². The van der Waals surface area contributed by atoms with E-state index < -0.39 is 0 Å². The van der Waals surface area contributed by atoms with Crippen LogP contribution in [-0.4, -0.2) is 48.2 Å². The van der Waals surface area contributed by atoms with Crippen LogP contribution in [0.4, 0.5) is 0 Å². The summed E-state index contributed by atoms with van der Waals surface area (Å²) in [6.07, 6.45) is 0. The lowest BCUT2D eigenvalue weighted by Crippen LogP contribution is -2.00. The highest BCUT2D eigenvalue weighted by molar-refractivity contribution is 7.27. The summed E-state index contributed by atoms with van der Waals surface area (Å²) < 4.78 is 17.5. The van der Waals surface area contributed by atoms with E-state index in [4.69, 9.17) is 29.9 Å². The van der Waals surface area contributed by atoms with Gasteiger partial charge in [-0.1, -0.05) is 243 Å². The molecular weight excluding hydrogens is 1530 g/mol. The molecule has 9 heterocycles. The highest BCUT2D eigenvalue weighted by Crippen LogP contribution is 2.48. The molecule has 0 saturated carbocycles. The SMILES string of the molecule is c1ccc(-c2nc(-c3ccccc3)nc(-c3ccc(-n4c5ccccc5c5cc(-n6c7ccccc7c7cc8sc9ccccc9c8cc76)ccc54)cc3)n2)cc1.c1ccc(-c2nc(-c3ccccc3)nc(-c3ccc4sc5ccc(-n6c7ccccc7c7cc(-n8c9ccccc9c9ccc%10c%11ccccc%11sc%10c98)ccc76)cc5c4c3)n2)cc1. The monoisotopic (exact) mass is 1600 g/mol. The van der Waals surface area contributed by atoms with Gasteiger partial charge in [0.25, 0.3) is 0 Å². The molecule has 0 aliphatic rings. The zero-order valence-corrected chi connectivity index (χ0v) is 67.1. The van der Waals surface area contributed by atoms with E-state index in [1.165, 1.54) is 137 Å². The van der Waals surface area contributed by atoms with Gasteiger partial charge in [-0.3, -0.25) is 0 Å². The number of nitrogens with zero attached hydrogens (tertiary/aromatic N) is 10. The smallest absolute Gasteiger partial charge is 0.164 e. The lowest BCUT2D eigenvalue weighted by molar-refractivity contribution is 1.07. The summed E-state index contributed by atoms with van der Waals surface area (Å²) >= 11 is 5.58. The molecule has 0 N–H and O–H groups in total. The number of aromatic nitrogens is 10. The van der Waals surface area contributed by atoms with Crippen LogP contribution in [0.5, 0.6) is 0 Å². The first kappa shape index (κ1) is 68.8. The van der Waals surface area contributed by atoms with Crippen molar-refractivity contribution in [2.45, 2.75) is 0 Å². The molecule has 0 fully saturated rings. The molecule has 0 amide bonds. The van der Waals surface area contributed by atoms with Crippen molar-refractivity contribution in [1.82, 2.24) is 48.2 Å². The Balaban J connectivity index is 0.000000135. The first-order valence-corrected chi connectivity index (χ1v) is 43.0. The Morgan fingerprint density at radius 3 is 0.975 bits per heavy atom. The second-order valence-corrected chi connectivity index (χ2v) is 34.1. The van der Waals surface area contributed by atoms with Gasteiger partial charge >= 0.3 is 0 Å².